The molecule has 4 heteroatoms. The van der Waals surface area contributed by atoms with Crippen molar-refractivity contribution in [2.24, 2.45) is 22.6 Å². The van der Waals surface area contributed by atoms with Gasteiger partial charge in [0.25, 0.3) is 0 Å². The number of guanidine groups is 1. The first-order valence-electron chi connectivity index (χ1n) is 7.05. The normalized spacial score (nSPS) is 36.3. The molecular formula is C15H18ClN3. The summed E-state index contributed by atoms with van der Waals surface area (Å²) < 4.78 is 0. The second-order valence-corrected chi connectivity index (χ2v) is 6.55. The van der Waals surface area contributed by atoms with Gasteiger partial charge in [-0.05, 0) is 49.7 Å². The maximum Gasteiger partial charge on any atom is 0.196 e. The maximum absolute atomic E-state index is 6.38. The topological polar surface area (TPSA) is 41.6 Å². The second kappa shape index (κ2) is 3.89. The molecule has 3 nitrogen and oxygen atoms in total. The highest BCUT2D eigenvalue weighted by Gasteiger charge is 2.57. The molecule has 19 heavy (non-hydrogen) atoms. The molecule has 2 aliphatic carbocycles. The molecule has 2 fully saturated rings. The smallest absolute Gasteiger partial charge is 0.196 e. The van der Waals surface area contributed by atoms with Crippen LogP contribution in [0.1, 0.15) is 25.7 Å². The maximum atomic E-state index is 6.38. The quantitative estimate of drug-likeness (QED) is 0.856. The first kappa shape index (κ1) is 11.6. The lowest BCUT2D eigenvalue weighted by Gasteiger charge is -2.42. The van der Waals surface area contributed by atoms with Gasteiger partial charge in [-0.15, -0.1) is 0 Å². The van der Waals surface area contributed by atoms with E-state index in [0.717, 1.165) is 29.1 Å². The molecule has 3 unspecified atom stereocenters. The Bertz CT molecular complexity index is 556. The van der Waals surface area contributed by atoms with Crippen LogP contribution in [0.5, 0.6) is 0 Å². The largest absolute Gasteiger partial charge is 0.369 e. The van der Waals surface area contributed by atoms with Gasteiger partial charge in [0.1, 0.15) is 0 Å². The molecule has 2 saturated carbocycles. The lowest BCUT2D eigenvalue weighted by molar-refractivity contribution is 0.293. The minimum Gasteiger partial charge on any atom is -0.369 e. The summed E-state index contributed by atoms with van der Waals surface area (Å²) in [6.45, 7) is 0.839. The van der Waals surface area contributed by atoms with E-state index in [9.17, 15) is 0 Å². The Morgan fingerprint density at radius 1 is 1.32 bits per heavy atom. The molecular weight excluding hydrogens is 258 g/mol. The third kappa shape index (κ3) is 1.48. The van der Waals surface area contributed by atoms with Crippen molar-refractivity contribution in [2.75, 3.05) is 11.4 Å². The number of halogens is 1. The van der Waals surface area contributed by atoms with Gasteiger partial charge < -0.3 is 10.6 Å². The fourth-order valence-corrected chi connectivity index (χ4v) is 4.69. The van der Waals surface area contributed by atoms with Crippen molar-refractivity contribution in [3.63, 3.8) is 0 Å². The van der Waals surface area contributed by atoms with Crippen LogP contribution in [0.2, 0.25) is 5.02 Å². The van der Waals surface area contributed by atoms with E-state index in [1.807, 2.05) is 18.2 Å². The minimum atomic E-state index is 0.109. The lowest BCUT2D eigenvalue weighted by atomic mass is 9.80. The van der Waals surface area contributed by atoms with Crippen LogP contribution in [-0.4, -0.2) is 18.0 Å². The number of nitrogens with two attached hydrogens (primary N) is 1. The molecule has 0 aromatic heterocycles. The average molecular weight is 276 g/mol. The van der Waals surface area contributed by atoms with Crippen molar-refractivity contribution in [2.45, 2.75) is 31.2 Å². The number of aliphatic imine (C=N–C) groups is 1. The molecule has 1 aromatic carbocycles. The Morgan fingerprint density at radius 3 is 2.84 bits per heavy atom. The van der Waals surface area contributed by atoms with Gasteiger partial charge in [-0.3, -0.25) is 4.99 Å². The van der Waals surface area contributed by atoms with E-state index in [-0.39, 0.29) is 5.54 Å². The van der Waals surface area contributed by atoms with Crippen molar-refractivity contribution in [1.82, 2.24) is 0 Å². The summed E-state index contributed by atoms with van der Waals surface area (Å²) in [6, 6.07) is 7.98. The van der Waals surface area contributed by atoms with E-state index >= 15 is 0 Å². The van der Waals surface area contributed by atoms with Gasteiger partial charge in [-0.25, -0.2) is 0 Å². The first-order valence-corrected chi connectivity index (χ1v) is 7.43. The molecule has 100 valence electrons. The molecule has 2 bridgehead atoms. The molecule has 4 rings (SSSR count). The highest BCUT2D eigenvalue weighted by Crippen LogP contribution is 2.56. The molecule has 2 N–H and O–H groups in total. The van der Waals surface area contributed by atoms with E-state index in [2.05, 4.69) is 16.0 Å². The number of para-hydroxylation sites is 1. The highest BCUT2D eigenvalue weighted by atomic mass is 35.5. The van der Waals surface area contributed by atoms with Crippen LogP contribution in [0.25, 0.3) is 0 Å². The molecule has 0 saturated heterocycles. The van der Waals surface area contributed by atoms with Gasteiger partial charge >= 0.3 is 0 Å². The Hall–Kier alpha value is -1.22. The van der Waals surface area contributed by atoms with Crippen LogP contribution in [0, 0.1) is 11.8 Å². The SMILES string of the molecule is NC1=NCC2(CC3CCC2C3)N1c1ccccc1Cl. The third-order valence-corrected chi connectivity index (χ3v) is 5.55. The third-order valence-electron chi connectivity index (χ3n) is 5.23. The van der Waals surface area contributed by atoms with Crippen LogP contribution < -0.4 is 10.6 Å². The summed E-state index contributed by atoms with van der Waals surface area (Å²) >= 11 is 6.38. The van der Waals surface area contributed by atoms with Crippen molar-refractivity contribution in [3.05, 3.63) is 29.3 Å². The van der Waals surface area contributed by atoms with Crippen LogP contribution >= 0.6 is 11.6 Å². The van der Waals surface area contributed by atoms with Crippen LogP contribution in [0.4, 0.5) is 5.69 Å². The van der Waals surface area contributed by atoms with Gasteiger partial charge in [0, 0.05) is 0 Å². The monoisotopic (exact) mass is 275 g/mol. The molecule has 1 heterocycles. The highest BCUT2D eigenvalue weighted by molar-refractivity contribution is 6.34. The predicted molar refractivity (Wildman–Crippen MR) is 78.6 cm³/mol. The summed E-state index contributed by atoms with van der Waals surface area (Å²) in [6.07, 6.45) is 5.24. The Morgan fingerprint density at radius 2 is 2.16 bits per heavy atom. The summed E-state index contributed by atoms with van der Waals surface area (Å²) in [7, 11) is 0. The molecule has 0 radical (unpaired) electrons. The van der Waals surface area contributed by atoms with Crippen molar-refractivity contribution in [1.29, 1.82) is 0 Å². The van der Waals surface area contributed by atoms with Gasteiger partial charge in [-0.2, -0.15) is 0 Å². The van der Waals surface area contributed by atoms with Crippen molar-refractivity contribution in [3.8, 4) is 0 Å². The number of anilines is 1. The van der Waals surface area contributed by atoms with Gasteiger partial charge in [0.15, 0.2) is 5.96 Å². The lowest BCUT2D eigenvalue weighted by Crippen LogP contribution is -2.55. The van der Waals surface area contributed by atoms with Crippen LogP contribution in [-0.2, 0) is 0 Å². The van der Waals surface area contributed by atoms with E-state index < -0.39 is 0 Å². The number of rotatable bonds is 1. The van der Waals surface area contributed by atoms with E-state index in [1.54, 1.807) is 0 Å². The molecule has 3 atom stereocenters. The number of nitrogens with zero attached hydrogens (tertiary/aromatic N) is 2. The summed E-state index contributed by atoms with van der Waals surface area (Å²) in [5, 5.41) is 0.768. The number of hydrogen-bond donors (Lipinski definition) is 1. The van der Waals surface area contributed by atoms with Gasteiger partial charge in [-0.1, -0.05) is 23.7 Å². The van der Waals surface area contributed by atoms with Gasteiger partial charge in [0.05, 0.1) is 22.8 Å². The fourth-order valence-electron chi connectivity index (χ4n) is 4.47. The summed E-state index contributed by atoms with van der Waals surface area (Å²) in [5.41, 5.74) is 7.32. The second-order valence-electron chi connectivity index (χ2n) is 6.14. The van der Waals surface area contributed by atoms with Crippen LogP contribution in [0.3, 0.4) is 0 Å². The molecule has 1 aromatic rings. The molecule has 3 aliphatic rings. The Labute approximate surface area is 118 Å². The standard InChI is InChI=1S/C15H18ClN3/c16-12-3-1-2-4-13(12)19-14(17)18-9-15(19)8-10-5-6-11(15)7-10/h1-4,10-11H,5-9H2,(H2,17,18). The molecule has 1 aliphatic heterocycles. The molecule has 1 spiro atoms. The number of benzene rings is 1. The average Bonchev–Trinajstić information content (AvgIpc) is 3.07. The van der Waals surface area contributed by atoms with E-state index in [4.69, 9.17) is 17.3 Å². The van der Waals surface area contributed by atoms with E-state index in [0.29, 0.717) is 5.96 Å². The zero-order valence-corrected chi connectivity index (χ0v) is 11.6. The van der Waals surface area contributed by atoms with Crippen LogP contribution in [0.15, 0.2) is 29.3 Å². The Kier molecular flexibility index (Phi) is 2.37. The first-order chi connectivity index (χ1) is 9.21. The number of hydrogen-bond acceptors (Lipinski definition) is 3. The molecule has 0 amide bonds. The summed E-state index contributed by atoms with van der Waals surface area (Å²) in [5.74, 6) is 2.22. The van der Waals surface area contributed by atoms with Crippen molar-refractivity contribution < 1.29 is 0 Å². The number of fused-ring (bicyclic) bond motifs is 3. The zero-order chi connectivity index (χ0) is 13.0. The van der Waals surface area contributed by atoms with Gasteiger partial charge in [0.2, 0.25) is 0 Å². The van der Waals surface area contributed by atoms with E-state index in [1.165, 1.54) is 25.7 Å². The summed E-state index contributed by atoms with van der Waals surface area (Å²) in [4.78, 5) is 6.79. The minimum absolute atomic E-state index is 0.109. The fraction of sp³-hybridized carbons (Fsp3) is 0.533. The van der Waals surface area contributed by atoms with Crippen molar-refractivity contribution >= 4 is 23.2 Å². The predicted octanol–water partition coefficient (Wildman–Crippen LogP) is 3.03. The zero-order valence-electron chi connectivity index (χ0n) is 10.8. The Balaban J connectivity index is 1.80.